The molecule has 0 aromatic rings. The van der Waals surface area contributed by atoms with Gasteiger partial charge in [0.1, 0.15) is 0 Å². The molecule has 5 heteroatoms. The summed E-state index contributed by atoms with van der Waals surface area (Å²) in [6, 6.07) is 0. The van der Waals surface area contributed by atoms with Gasteiger partial charge in [-0.15, -0.1) is 0 Å². The minimum Gasteiger partial charge on any atom is -0.208 e. The normalized spacial score (nSPS) is 22.5. The van der Waals surface area contributed by atoms with Gasteiger partial charge < -0.3 is 0 Å². The number of hydrogen-bond donors (Lipinski definition) is 1. The van der Waals surface area contributed by atoms with E-state index in [4.69, 9.17) is 0 Å². The Morgan fingerprint density at radius 1 is 1.50 bits per heavy atom. The van der Waals surface area contributed by atoms with Gasteiger partial charge in [-0.25, -0.2) is 13.1 Å². The molecule has 1 aliphatic rings. The van der Waals surface area contributed by atoms with Gasteiger partial charge in [-0.3, -0.25) is 0 Å². The Hall–Kier alpha value is 0.247. The standard InChI is InChI=1S/C3H5NO2S.Li/c5-7(6)3-1-2-4-7;/h1,3-4H,2H2;. The number of hydrogen-bond acceptors (Lipinski definition) is 2. The number of rotatable bonds is 0. The van der Waals surface area contributed by atoms with Crippen LogP contribution in [0.3, 0.4) is 0 Å². The second-order valence-electron chi connectivity index (χ2n) is 1.27. The summed E-state index contributed by atoms with van der Waals surface area (Å²) in [6.45, 7) is 0.447. The molecule has 1 heterocycles. The zero-order valence-electron chi connectivity index (χ0n) is 4.59. The van der Waals surface area contributed by atoms with E-state index >= 15 is 0 Å². The Kier molecular flexibility index (Phi) is 2.78. The third kappa shape index (κ3) is 2.01. The molecule has 0 amide bonds. The van der Waals surface area contributed by atoms with Crippen molar-refractivity contribution in [1.29, 1.82) is 0 Å². The van der Waals surface area contributed by atoms with Gasteiger partial charge in [-0.05, 0) is 0 Å². The fraction of sp³-hybridized carbons (Fsp3) is 0.333. The van der Waals surface area contributed by atoms with Crippen LogP contribution in [0.2, 0.25) is 0 Å². The minimum absolute atomic E-state index is 0. The molecule has 0 saturated carbocycles. The molecule has 0 atom stereocenters. The van der Waals surface area contributed by atoms with Crippen molar-refractivity contribution in [3.05, 3.63) is 11.5 Å². The van der Waals surface area contributed by atoms with Gasteiger partial charge in [0.25, 0.3) is 0 Å². The fourth-order valence-corrected chi connectivity index (χ4v) is 1.16. The second kappa shape index (κ2) is 2.69. The SMILES string of the molecule is O=S1(=O)C=CCN1.[Li]. The Morgan fingerprint density at radius 3 is 2.25 bits per heavy atom. The van der Waals surface area contributed by atoms with Gasteiger partial charge in [0.05, 0.1) is 0 Å². The van der Waals surface area contributed by atoms with Crippen LogP contribution in [0, 0.1) is 0 Å². The van der Waals surface area contributed by atoms with E-state index in [0.717, 1.165) is 5.41 Å². The van der Waals surface area contributed by atoms with Crippen LogP contribution in [0.4, 0.5) is 0 Å². The average Bonchev–Trinajstić information content (AvgIpc) is 1.84. The van der Waals surface area contributed by atoms with Gasteiger partial charge in [-0.1, -0.05) is 6.08 Å². The average molecular weight is 126 g/mol. The van der Waals surface area contributed by atoms with Gasteiger partial charge in [0, 0.05) is 30.8 Å². The van der Waals surface area contributed by atoms with E-state index in [1.165, 1.54) is 0 Å². The summed E-state index contributed by atoms with van der Waals surface area (Å²) in [5, 5.41) is 1.16. The molecular formula is C3H5LiNO2S. The van der Waals surface area contributed by atoms with Crippen molar-refractivity contribution in [3.8, 4) is 0 Å². The maximum Gasteiger partial charge on any atom is 0.233 e. The number of nitrogens with one attached hydrogen (secondary N) is 1. The van der Waals surface area contributed by atoms with E-state index in [1.807, 2.05) is 0 Å². The van der Waals surface area contributed by atoms with Crippen molar-refractivity contribution in [3.63, 3.8) is 0 Å². The van der Waals surface area contributed by atoms with Crippen LogP contribution in [0.5, 0.6) is 0 Å². The van der Waals surface area contributed by atoms with Crippen LogP contribution >= 0.6 is 0 Å². The van der Waals surface area contributed by atoms with Crippen molar-refractivity contribution < 1.29 is 8.42 Å². The minimum atomic E-state index is -2.98. The summed E-state index contributed by atoms with van der Waals surface area (Å²) >= 11 is 0. The topological polar surface area (TPSA) is 46.2 Å². The maximum atomic E-state index is 10.2. The first-order chi connectivity index (χ1) is 3.21. The molecule has 0 unspecified atom stereocenters. The molecular weight excluding hydrogens is 121 g/mol. The van der Waals surface area contributed by atoms with Crippen molar-refractivity contribution in [1.82, 2.24) is 4.72 Å². The van der Waals surface area contributed by atoms with Crippen molar-refractivity contribution in [2.24, 2.45) is 0 Å². The summed E-state index contributed by atoms with van der Waals surface area (Å²) in [7, 11) is -2.98. The molecule has 0 fully saturated rings. The Balaban J connectivity index is 0.000000490. The summed E-state index contributed by atoms with van der Waals surface area (Å²) in [5.41, 5.74) is 0. The zero-order chi connectivity index (χ0) is 5.33. The van der Waals surface area contributed by atoms with Crippen molar-refractivity contribution in [2.75, 3.05) is 6.54 Å². The van der Waals surface area contributed by atoms with Crippen LogP contribution in [-0.2, 0) is 10.0 Å². The second-order valence-corrected chi connectivity index (χ2v) is 2.92. The predicted octanol–water partition coefficient (Wildman–Crippen LogP) is -0.948. The molecule has 0 spiro atoms. The molecule has 1 rings (SSSR count). The van der Waals surface area contributed by atoms with Gasteiger partial charge in [0.2, 0.25) is 10.0 Å². The van der Waals surface area contributed by atoms with Crippen LogP contribution in [0.1, 0.15) is 0 Å². The van der Waals surface area contributed by atoms with Crippen LogP contribution < -0.4 is 4.72 Å². The smallest absolute Gasteiger partial charge is 0.208 e. The van der Waals surface area contributed by atoms with Gasteiger partial charge in [0.15, 0.2) is 0 Å². The van der Waals surface area contributed by atoms with E-state index in [2.05, 4.69) is 4.72 Å². The fourth-order valence-electron chi connectivity index (χ4n) is 0.387. The van der Waals surface area contributed by atoms with E-state index in [0.29, 0.717) is 6.54 Å². The van der Waals surface area contributed by atoms with Crippen molar-refractivity contribution in [2.45, 2.75) is 0 Å². The summed E-state index contributed by atoms with van der Waals surface area (Å²) < 4.78 is 22.7. The molecule has 1 radical (unpaired) electrons. The van der Waals surface area contributed by atoms with E-state index < -0.39 is 10.0 Å². The Bertz CT molecular complexity index is 183. The molecule has 0 aliphatic carbocycles. The van der Waals surface area contributed by atoms with Crippen LogP contribution in [0.15, 0.2) is 11.5 Å². The third-order valence-electron chi connectivity index (χ3n) is 0.678. The van der Waals surface area contributed by atoms with E-state index in [1.54, 1.807) is 6.08 Å². The van der Waals surface area contributed by atoms with Gasteiger partial charge in [-0.2, -0.15) is 0 Å². The van der Waals surface area contributed by atoms with E-state index in [-0.39, 0.29) is 18.9 Å². The van der Waals surface area contributed by atoms with Crippen molar-refractivity contribution >= 4 is 28.9 Å². The maximum absolute atomic E-state index is 10.2. The Labute approximate surface area is 60.4 Å². The molecule has 3 nitrogen and oxygen atoms in total. The first kappa shape index (κ1) is 8.25. The molecule has 0 saturated heterocycles. The molecule has 8 heavy (non-hydrogen) atoms. The van der Waals surface area contributed by atoms with Crippen LogP contribution in [-0.4, -0.2) is 33.8 Å². The quantitative estimate of drug-likeness (QED) is 0.425. The van der Waals surface area contributed by atoms with Gasteiger partial charge >= 0.3 is 0 Å². The molecule has 1 N–H and O–H groups in total. The predicted molar refractivity (Wildman–Crippen MR) is 31.8 cm³/mol. The first-order valence-electron chi connectivity index (χ1n) is 1.87. The first-order valence-corrected chi connectivity index (χ1v) is 3.41. The van der Waals surface area contributed by atoms with Crippen LogP contribution in [0.25, 0.3) is 0 Å². The summed E-state index contributed by atoms with van der Waals surface area (Å²) in [5.74, 6) is 0. The summed E-state index contributed by atoms with van der Waals surface area (Å²) in [4.78, 5) is 0. The molecule has 41 valence electrons. The molecule has 1 aliphatic heterocycles. The monoisotopic (exact) mass is 126 g/mol. The zero-order valence-corrected chi connectivity index (χ0v) is 5.40. The summed E-state index contributed by atoms with van der Waals surface area (Å²) in [6.07, 6.45) is 1.56. The molecule has 0 aromatic heterocycles. The Morgan fingerprint density at radius 2 is 2.12 bits per heavy atom. The number of sulfonamides is 1. The van der Waals surface area contributed by atoms with E-state index in [9.17, 15) is 8.42 Å². The molecule has 0 aromatic carbocycles. The molecule has 0 bridgehead atoms. The third-order valence-corrected chi connectivity index (χ3v) is 1.80. The largest absolute Gasteiger partial charge is 0.233 e.